The predicted molar refractivity (Wildman–Crippen MR) is 77.0 cm³/mol. The van der Waals surface area contributed by atoms with Crippen molar-refractivity contribution in [2.24, 2.45) is 5.92 Å². The van der Waals surface area contributed by atoms with Gasteiger partial charge < -0.3 is 10.6 Å². The highest BCUT2D eigenvalue weighted by Gasteiger charge is 2.39. The molecule has 4 heteroatoms. The Morgan fingerprint density at radius 3 is 2.61 bits per heavy atom. The molecule has 2 N–H and O–H groups in total. The van der Waals surface area contributed by atoms with Crippen molar-refractivity contribution in [3.05, 3.63) is 29.8 Å². The van der Waals surface area contributed by atoms with Crippen LogP contribution in [0.1, 0.15) is 37.6 Å². The van der Waals surface area contributed by atoms with Crippen LogP contribution in [0.2, 0.25) is 0 Å². The molecule has 18 heavy (non-hydrogen) atoms. The Bertz CT molecular complexity index is 445. The number of hydrogen-bond acceptors (Lipinski definition) is 2. The number of rotatable bonds is 1. The van der Waals surface area contributed by atoms with Gasteiger partial charge in [-0.05, 0) is 44.4 Å². The molecule has 1 unspecified atom stereocenters. The first-order valence-corrected chi connectivity index (χ1v) is 6.08. The van der Waals surface area contributed by atoms with Gasteiger partial charge >= 0.3 is 0 Å². The number of carbonyl (C=O) groups excluding carboxylic acids is 1. The zero-order valence-corrected chi connectivity index (χ0v) is 12.0. The summed E-state index contributed by atoms with van der Waals surface area (Å²) in [7, 11) is 0. The van der Waals surface area contributed by atoms with Gasteiger partial charge in [-0.1, -0.05) is 13.0 Å². The fourth-order valence-electron chi connectivity index (χ4n) is 2.77. The second kappa shape index (κ2) is 5.19. The van der Waals surface area contributed by atoms with E-state index in [0.717, 1.165) is 13.0 Å². The Labute approximate surface area is 115 Å². The van der Waals surface area contributed by atoms with Crippen LogP contribution >= 0.6 is 12.4 Å². The molecule has 1 atom stereocenters. The van der Waals surface area contributed by atoms with Crippen molar-refractivity contribution in [2.45, 2.75) is 32.7 Å². The normalized spacial score (nSPS) is 21.5. The highest BCUT2D eigenvalue weighted by molar-refractivity contribution is 5.95. The van der Waals surface area contributed by atoms with Gasteiger partial charge in [0, 0.05) is 23.3 Å². The first kappa shape index (κ1) is 14.8. The van der Waals surface area contributed by atoms with Gasteiger partial charge in [0.25, 0.3) is 5.91 Å². The Morgan fingerprint density at radius 1 is 1.44 bits per heavy atom. The lowest BCUT2D eigenvalue weighted by Gasteiger charge is -2.31. The van der Waals surface area contributed by atoms with Crippen LogP contribution in [0.3, 0.4) is 0 Å². The van der Waals surface area contributed by atoms with E-state index in [9.17, 15) is 4.79 Å². The van der Waals surface area contributed by atoms with E-state index in [2.05, 4.69) is 20.8 Å². The maximum atomic E-state index is 12.4. The lowest BCUT2D eigenvalue weighted by Crippen LogP contribution is -2.42. The second-order valence-corrected chi connectivity index (χ2v) is 5.66. The first-order chi connectivity index (χ1) is 7.90. The van der Waals surface area contributed by atoms with Gasteiger partial charge in [-0.15, -0.1) is 12.4 Å². The molecule has 1 amide bonds. The largest absolute Gasteiger partial charge is 0.399 e. The third kappa shape index (κ3) is 2.78. The predicted octanol–water partition coefficient (Wildman–Crippen LogP) is 2.95. The third-order valence-corrected chi connectivity index (χ3v) is 3.45. The molecule has 1 aromatic rings. The molecule has 3 nitrogen and oxygen atoms in total. The molecular formula is C14H21ClN2O. The summed E-state index contributed by atoms with van der Waals surface area (Å²) in [6, 6.07) is 7.21. The van der Waals surface area contributed by atoms with Crippen molar-refractivity contribution in [2.75, 3.05) is 12.3 Å². The summed E-state index contributed by atoms with van der Waals surface area (Å²) in [6.45, 7) is 7.27. The van der Waals surface area contributed by atoms with Gasteiger partial charge in [0.15, 0.2) is 0 Å². The van der Waals surface area contributed by atoms with Crippen LogP contribution in [0.4, 0.5) is 5.69 Å². The van der Waals surface area contributed by atoms with Crippen LogP contribution in [-0.2, 0) is 0 Å². The van der Waals surface area contributed by atoms with Crippen LogP contribution in [0, 0.1) is 5.92 Å². The molecule has 100 valence electrons. The summed E-state index contributed by atoms with van der Waals surface area (Å²) >= 11 is 0. The third-order valence-electron chi connectivity index (χ3n) is 3.45. The molecule has 2 rings (SSSR count). The van der Waals surface area contributed by atoms with E-state index in [-0.39, 0.29) is 23.9 Å². The summed E-state index contributed by atoms with van der Waals surface area (Å²) < 4.78 is 0. The van der Waals surface area contributed by atoms with Crippen molar-refractivity contribution >= 4 is 24.0 Å². The molecule has 1 heterocycles. The minimum Gasteiger partial charge on any atom is -0.399 e. The van der Waals surface area contributed by atoms with Crippen LogP contribution in [0.15, 0.2) is 24.3 Å². The Hall–Kier alpha value is -1.22. The smallest absolute Gasteiger partial charge is 0.254 e. The second-order valence-electron chi connectivity index (χ2n) is 5.66. The van der Waals surface area contributed by atoms with Gasteiger partial charge in [0.1, 0.15) is 0 Å². The molecule has 0 saturated carbocycles. The Kier molecular flexibility index (Phi) is 4.28. The van der Waals surface area contributed by atoms with Crippen molar-refractivity contribution < 1.29 is 4.79 Å². The summed E-state index contributed by atoms with van der Waals surface area (Å²) in [5, 5.41) is 0. The quantitative estimate of drug-likeness (QED) is 0.796. The van der Waals surface area contributed by atoms with E-state index < -0.39 is 0 Å². The number of amides is 1. The molecule has 1 aliphatic rings. The fraction of sp³-hybridized carbons (Fsp3) is 0.500. The maximum Gasteiger partial charge on any atom is 0.254 e. The van der Waals surface area contributed by atoms with Gasteiger partial charge in [0.2, 0.25) is 0 Å². The van der Waals surface area contributed by atoms with E-state index in [0.29, 0.717) is 17.2 Å². The maximum absolute atomic E-state index is 12.4. The molecule has 1 aliphatic heterocycles. The number of likely N-dealkylation sites (tertiary alicyclic amines) is 1. The zero-order chi connectivity index (χ0) is 12.6. The van der Waals surface area contributed by atoms with Crippen LogP contribution in [-0.4, -0.2) is 22.9 Å². The molecule has 1 aromatic carbocycles. The van der Waals surface area contributed by atoms with E-state index in [1.165, 1.54) is 0 Å². The lowest BCUT2D eigenvalue weighted by atomic mass is 9.97. The number of nitrogen functional groups attached to an aromatic ring is 1. The summed E-state index contributed by atoms with van der Waals surface area (Å²) in [5.41, 5.74) is 6.99. The highest BCUT2D eigenvalue weighted by atomic mass is 35.5. The van der Waals surface area contributed by atoms with Crippen molar-refractivity contribution in [1.29, 1.82) is 0 Å². The molecule has 0 spiro atoms. The standard InChI is InChI=1S/C14H20N2O.ClH/c1-10-8-14(2,3)16(9-10)13(17)11-5-4-6-12(15)7-11;/h4-7,10H,8-9,15H2,1-3H3;1H. The summed E-state index contributed by atoms with van der Waals surface area (Å²) in [4.78, 5) is 14.4. The fourth-order valence-corrected chi connectivity index (χ4v) is 2.77. The first-order valence-electron chi connectivity index (χ1n) is 6.08. The van der Waals surface area contributed by atoms with E-state index in [4.69, 9.17) is 5.73 Å². The molecule has 0 aliphatic carbocycles. The van der Waals surface area contributed by atoms with Crippen LogP contribution in [0.5, 0.6) is 0 Å². The minimum atomic E-state index is -0.0545. The number of nitrogens with zero attached hydrogens (tertiary/aromatic N) is 1. The number of hydrogen-bond donors (Lipinski definition) is 1. The average Bonchev–Trinajstić information content (AvgIpc) is 2.51. The van der Waals surface area contributed by atoms with E-state index in [1.807, 2.05) is 17.0 Å². The van der Waals surface area contributed by atoms with Gasteiger partial charge in [-0.2, -0.15) is 0 Å². The number of carbonyl (C=O) groups is 1. The van der Waals surface area contributed by atoms with Crippen molar-refractivity contribution in [3.8, 4) is 0 Å². The Balaban J connectivity index is 0.00000162. The summed E-state index contributed by atoms with van der Waals surface area (Å²) in [5.74, 6) is 0.654. The lowest BCUT2D eigenvalue weighted by molar-refractivity contribution is 0.0650. The van der Waals surface area contributed by atoms with E-state index >= 15 is 0 Å². The van der Waals surface area contributed by atoms with Gasteiger partial charge in [-0.3, -0.25) is 4.79 Å². The van der Waals surface area contributed by atoms with Crippen LogP contribution < -0.4 is 5.73 Å². The molecule has 1 saturated heterocycles. The molecule has 0 aromatic heterocycles. The Morgan fingerprint density at radius 2 is 2.11 bits per heavy atom. The monoisotopic (exact) mass is 268 g/mol. The van der Waals surface area contributed by atoms with Gasteiger partial charge in [-0.25, -0.2) is 0 Å². The van der Waals surface area contributed by atoms with Gasteiger partial charge in [0.05, 0.1) is 0 Å². The summed E-state index contributed by atoms with van der Waals surface area (Å²) in [6.07, 6.45) is 1.06. The molecule has 0 radical (unpaired) electrons. The number of nitrogens with two attached hydrogens (primary N) is 1. The SMILES string of the molecule is CC1CN(C(=O)c2cccc(N)c2)C(C)(C)C1.Cl. The van der Waals surface area contributed by atoms with Crippen molar-refractivity contribution in [1.82, 2.24) is 4.90 Å². The highest BCUT2D eigenvalue weighted by Crippen LogP contribution is 2.33. The topological polar surface area (TPSA) is 46.3 Å². The number of anilines is 1. The average molecular weight is 269 g/mol. The molecular weight excluding hydrogens is 248 g/mol. The zero-order valence-electron chi connectivity index (χ0n) is 11.1. The molecule has 0 bridgehead atoms. The minimum absolute atomic E-state index is 0. The molecule has 1 fully saturated rings. The number of benzene rings is 1. The number of halogens is 1. The van der Waals surface area contributed by atoms with Crippen LogP contribution in [0.25, 0.3) is 0 Å². The van der Waals surface area contributed by atoms with E-state index in [1.54, 1.807) is 12.1 Å². The van der Waals surface area contributed by atoms with Crippen molar-refractivity contribution in [3.63, 3.8) is 0 Å².